The summed E-state index contributed by atoms with van der Waals surface area (Å²) in [6.07, 6.45) is 3.02. The van der Waals surface area contributed by atoms with Gasteiger partial charge in [-0.3, -0.25) is 14.0 Å². The van der Waals surface area contributed by atoms with E-state index in [4.69, 9.17) is 0 Å². The Labute approximate surface area is 152 Å². The number of aryl methyl sites for hydroxylation is 1. The Kier molecular flexibility index (Phi) is 5.14. The lowest BCUT2D eigenvalue weighted by Gasteiger charge is -2.11. The predicted octanol–water partition coefficient (Wildman–Crippen LogP) is 1.99. The van der Waals surface area contributed by atoms with Crippen molar-refractivity contribution in [3.63, 3.8) is 0 Å². The molecule has 0 bridgehead atoms. The smallest absolute Gasteiger partial charge is 0.270 e. The van der Waals surface area contributed by atoms with Crippen LogP contribution in [0.3, 0.4) is 0 Å². The number of nitrogens with one attached hydrogen (secondary N) is 1. The highest BCUT2D eigenvalue weighted by atomic mass is 16.2. The monoisotopic (exact) mass is 350 g/mol. The Morgan fingerprint density at radius 3 is 2.73 bits per heavy atom. The molecule has 0 saturated carbocycles. The molecule has 1 aromatic carbocycles. The molecule has 3 aromatic rings. The minimum absolute atomic E-state index is 0.0394. The van der Waals surface area contributed by atoms with Gasteiger partial charge in [0.15, 0.2) is 0 Å². The number of benzene rings is 1. The van der Waals surface area contributed by atoms with Gasteiger partial charge in [0, 0.05) is 25.5 Å². The molecule has 0 radical (unpaired) electrons. The molecule has 2 heterocycles. The molecule has 0 unspecified atom stereocenters. The third-order valence-corrected chi connectivity index (χ3v) is 4.04. The number of hydrogen-bond donors (Lipinski definition) is 1. The third kappa shape index (κ3) is 3.97. The van der Waals surface area contributed by atoms with E-state index in [1.54, 1.807) is 12.3 Å². The number of fused-ring (bicyclic) bond motifs is 1. The lowest BCUT2D eigenvalue weighted by Crippen LogP contribution is -2.31. The fourth-order valence-electron chi connectivity index (χ4n) is 2.82. The summed E-state index contributed by atoms with van der Waals surface area (Å²) < 4.78 is 1.40. The first-order valence-corrected chi connectivity index (χ1v) is 8.43. The summed E-state index contributed by atoms with van der Waals surface area (Å²) >= 11 is 0. The minimum Gasteiger partial charge on any atom is -0.348 e. The molecule has 6 heteroatoms. The van der Waals surface area contributed by atoms with Gasteiger partial charge in [-0.15, -0.1) is 0 Å². The van der Waals surface area contributed by atoms with Gasteiger partial charge in [-0.05, 0) is 43.8 Å². The van der Waals surface area contributed by atoms with Crippen molar-refractivity contribution in [3.8, 4) is 0 Å². The van der Waals surface area contributed by atoms with Gasteiger partial charge in [-0.1, -0.05) is 30.3 Å². The summed E-state index contributed by atoms with van der Waals surface area (Å²) in [5.74, 6) is -0.420. The Bertz CT molecular complexity index is 1010. The summed E-state index contributed by atoms with van der Waals surface area (Å²) in [4.78, 5) is 31.3. The van der Waals surface area contributed by atoms with Crippen molar-refractivity contribution >= 4 is 11.6 Å². The summed E-state index contributed by atoms with van der Waals surface area (Å²) in [6.45, 7) is 3.08. The van der Waals surface area contributed by atoms with Crippen LogP contribution in [0, 0.1) is 6.92 Å². The van der Waals surface area contributed by atoms with Crippen LogP contribution in [0.15, 0.2) is 53.6 Å². The maximum atomic E-state index is 12.6. The van der Waals surface area contributed by atoms with Crippen molar-refractivity contribution in [2.45, 2.75) is 20.0 Å². The highest BCUT2D eigenvalue weighted by molar-refractivity contribution is 5.93. The van der Waals surface area contributed by atoms with E-state index < -0.39 is 5.91 Å². The topological polar surface area (TPSA) is 66.7 Å². The Hall–Kier alpha value is -2.99. The van der Waals surface area contributed by atoms with Gasteiger partial charge >= 0.3 is 0 Å². The number of aromatic nitrogens is 2. The van der Waals surface area contributed by atoms with Crippen LogP contribution in [0.5, 0.6) is 0 Å². The summed E-state index contributed by atoms with van der Waals surface area (Å²) in [5.41, 5.74) is 3.28. The molecule has 26 heavy (non-hydrogen) atoms. The molecule has 1 N–H and O–H groups in total. The number of pyridine rings is 1. The lowest BCUT2D eigenvalue weighted by atomic mass is 10.1. The van der Waals surface area contributed by atoms with Gasteiger partial charge in [0.2, 0.25) is 0 Å². The van der Waals surface area contributed by atoms with Gasteiger partial charge < -0.3 is 10.2 Å². The average molecular weight is 350 g/mol. The van der Waals surface area contributed by atoms with E-state index in [9.17, 15) is 9.59 Å². The molecule has 2 aromatic heterocycles. The van der Waals surface area contributed by atoms with E-state index in [0.717, 1.165) is 17.7 Å². The zero-order valence-corrected chi connectivity index (χ0v) is 15.2. The highest BCUT2D eigenvalue weighted by Gasteiger charge is 2.13. The van der Waals surface area contributed by atoms with Crippen LogP contribution >= 0.6 is 0 Å². The number of carbonyl (C=O) groups is 1. The maximum absolute atomic E-state index is 12.6. The third-order valence-electron chi connectivity index (χ3n) is 4.04. The second-order valence-electron chi connectivity index (χ2n) is 6.65. The summed E-state index contributed by atoms with van der Waals surface area (Å²) in [5, 5.41) is 2.81. The van der Waals surface area contributed by atoms with E-state index in [1.807, 2.05) is 45.3 Å². The number of nitrogens with zero attached hydrogens (tertiary/aromatic N) is 3. The normalized spacial score (nSPS) is 11.1. The minimum atomic E-state index is -0.420. The van der Waals surface area contributed by atoms with Gasteiger partial charge in [-0.25, -0.2) is 4.98 Å². The summed E-state index contributed by atoms with van der Waals surface area (Å²) in [7, 11) is 4.02. The van der Waals surface area contributed by atoms with E-state index in [1.165, 1.54) is 16.2 Å². The number of carbonyl (C=O) groups excluding carboxylic acids is 1. The average Bonchev–Trinajstić information content (AvgIpc) is 2.60. The summed E-state index contributed by atoms with van der Waals surface area (Å²) in [6, 6.07) is 11.7. The van der Waals surface area contributed by atoms with Crippen molar-refractivity contribution in [1.29, 1.82) is 0 Å². The van der Waals surface area contributed by atoms with Gasteiger partial charge in [0.1, 0.15) is 11.2 Å². The molecular formula is C20H22N4O2. The number of rotatable bonds is 5. The van der Waals surface area contributed by atoms with Crippen LogP contribution in [0.25, 0.3) is 5.65 Å². The SMILES string of the molecule is Cc1ccc2ncc(C(=O)NCc3cccc(CN(C)C)c3)c(=O)n2c1. The molecule has 3 rings (SSSR count). The molecule has 6 nitrogen and oxygen atoms in total. The molecule has 0 atom stereocenters. The zero-order chi connectivity index (χ0) is 18.7. The Morgan fingerprint density at radius 1 is 1.19 bits per heavy atom. The lowest BCUT2D eigenvalue weighted by molar-refractivity contribution is 0.0949. The second kappa shape index (κ2) is 7.49. The fourth-order valence-corrected chi connectivity index (χ4v) is 2.82. The molecular weight excluding hydrogens is 328 g/mol. The molecule has 0 fully saturated rings. The first kappa shape index (κ1) is 17.8. The number of amides is 1. The molecule has 0 saturated heterocycles. The van der Waals surface area contributed by atoms with Crippen LogP contribution < -0.4 is 10.9 Å². The zero-order valence-electron chi connectivity index (χ0n) is 15.2. The largest absolute Gasteiger partial charge is 0.348 e. The fraction of sp³-hybridized carbons (Fsp3) is 0.250. The van der Waals surface area contributed by atoms with Crippen molar-refractivity contribution < 1.29 is 4.79 Å². The Balaban J connectivity index is 1.77. The molecule has 0 aliphatic heterocycles. The van der Waals surface area contributed by atoms with Crippen LogP contribution in [-0.4, -0.2) is 34.3 Å². The molecule has 1 amide bonds. The maximum Gasteiger partial charge on any atom is 0.270 e. The van der Waals surface area contributed by atoms with Crippen molar-refractivity contribution in [1.82, 2.24) is 19.6 Å². The predicted molar refractivity (Wildman–Crippen MR) is 101 cm³/mol. The standard InChI is InChI=1S/C20H22N4O2/c1-14-7-8-18-21-11-17(20(26)24(18)12-14)19(25)22-10-15-5-4-6-16(9-15)13-23(2)3/h4-9,11-12H,10,13H2,1-3H3,(H,22,25). The van der Waals surface area contributed by atoms with Crippen LogP contribution in [0.1, 0.15) is 27.0 Å². The Morgan fingerprint density at radius 2 is 1.96 bits per heavy atom. The molecule has 0 aliphatic carbocycles. The van der Waals surface area contributed by atoms with Crippen molar-refractivity contribution in [2.75, 3.05) is 14.1 Å². The molecule has 134 valence electrons. The molecule has 0 aliphatic rings. The number of hydrogen-bond acceptors (Lipinski definition) is 4. The van der Waals surface area contributed by atoms with Crippen LogP contribution in [0.4, 0.5) is 0 Å². The van der Waals surface area contributed by atoms with E-state index in [-0.39, 0.29) is 11.1 Å². The first-order valence-electron chi connectivity index (χ1n) is 8.43. The van der Waals surface area contributed by atoms with Gasteiger partial charge in [0.05, 0.1) is 0 Å². The van der Waals surface area contributed by atoms with Gasteiger partial charge in [0.25, 0.3) is 11.5 Å². The highest BCUT2D eigenvalue weighted by Crippen LogP contribution is 2.07. The quantitative estimate of drug-likeness (QED) is 0.764. The van der Waals surface area contributed by atoms with Crippen LogP contribution in [0.2, 0.25) is 0 Å². The van der Waals surface area contributed by atoms with Gasteiger partial charge in [-0.2, -0.15) is 0 Å². The van der Waals surface area contributed by atoms with Crippen LogP contribution in [-0.2, 0) is 13.1 Å². The van der Waals surface area contributed by atoms with Crippen molar-refractivity contribution in [2.24, 2.45) is 0 Å². The van der Waals surface area contributed by atoms with E-state index in [0.29, 0.717) is 12.2 Å². The van der Waals surface area contributed by atoms with Crippen molar-refractivity contribution in [3.05, 3.63) is 81.4 Å². The molecule has 0 spiro atoms. The second-order valence-corrected chi connectivity index (χ2v) is 6.65. The first-order chi connectivity index (χ1) is 12.4. The van der Waals surface area contributed by atoms with E-state index >= 15 is 0 Å². The van der Waals surface area contributed by atoms with E-state index in [2.05, 4.69) is 21.3 Å².